The molecular formula is C15H21BrN2. The van der Waals surface area contributed by atoms with Crippen molar-refractivity contribution < 1.29 is 0 Å². The van der Waals surface area contributed by atoms with Crippen LogP contribution < -0.4 is 11.1 Å². The Morgan fingerprint density at radius 3 is 2.39 bits per heavy atom. The highest BCUT2D eigenvalue weighted by Crippen LogP contribution is 2.42. The van der Waals surface area contributed by atoms with Gasteiger partial charge in [0.1, 0.15) is 0 Å². The lowest BCUT2D eigenvalue weighted by Crippen LogP contribution is -2.38. The van der Waals surface area contributed by atoms with E-state index in [1.807, 2.05) is 0 Å². The van der Waals surface area contributed by atoms with Crippen molar-refractivity contribution in [3.8, 4) is 0 Å². The summed E-state index contributed by atoms with van der Waals surface area (Å²) in [6.45, 7) is 0. The normalized spacial score (nSPS) is 35.4. The van der Waals surface area contributed by atoms with E-state index in [0.29, 0.717) is 18.1 Å². The third-order valence-electron chi connectivity index (χ3n) is 4.31. The largest absolute Gasteiger partial charge is 0.328 e. The molecule has 0 spiro atoms. The average molecular weight is 309 g/mol. The van der Waals surface area contributed by atoms with Gasteiger partial charge in [0.25, 0.3) is 0 Å². The molecule has 3 N–H and O–H groups in total. The van der Waals surface area contributed by atoms with Crippen LogP contribution in [-0.2, 0) is 0 Å². The van der Waals surface area contributed by atoms with Crippen molar-refractivity contribution in [3.05, 3.63) is 34.3 Å². The zero-order valence-electron chi connectivity index (χ0n) is 10.6. The maximum absolute atomic E-state index is 5.94. The maximum Gasteiger partial charge on any atom is 0.0175 e. The summed E-state index contributed by atoms with van der Waals surface area (Å²) in [6.07, 6.45) is 6.18. The SMILES string of the molecule is N[C@H]1CC[C@H](NC2CC2c2ccc(Br)cc2)CC1. The van der Waals surface area contributed by atoms with Crippen LogP contribution in [0.15, 0.2) is 28.7 Å². The molecule has 1 aromatic carbocycles. The third kappa shape index (κ3) is 2.95. The summed E-state index contributed by atoms with van der Waals surface area (Å²) in [7, 11) is 0. The Labute approximate surface area is 117 Å². The molecule has 2 saturated carbocycles. The van der Waals surface area contributed by atoms with E-state index in [-0.39, 0.29) is 0 Å². The maximum atomic E-state index is 5.94. The second-order valence-corrected chi connectivity index (χ2v) is 6.69. The molecule has 0 heterocycles. The number of benzene rings is 1. The minimum Gasteiger partial charge on any atom is -0.328 e. The number of rotatable bonds is 3. The fourth-order valence-electron chi connectivity index (χ4n) is 3.05. The first-order valence-electron chi connectivity index (χ1n) is 6.99. The van der Waals surface area contributed by atoms with Gasteiger partial charge < -0.3 is 11.1 Å². The van der Waals surface area contributed by atoms with Gasteiger partial charge in [-0.3, -0.25) is 0 Å². The number of halogens is 1. The van der Waals surface area contributed by atoms with Gasteiger partial charge in [0.05, 0.1) is 0 Å². The predicted molar refractivity (Wildman–Crippen MR) is 78.7 cm³/mol. The number of hydrogen-bond acceptors (Lipinski definition) is 2. The summed E-state index contributed by atoms with van der Waals surface area (Å²) >= 11 is 3.49. The Morgan fingerprint density at radius 2 is 1.72 bits per heavy atom. The lowest BCUT2D eigenvalue weighted by atomic mass is 9.92. The zero-order valence-corrected chi connectivity index (χ0v) is 12.2. The Hall–Kier alpha value is -0.380. The molecule has 0 bridgehead atoms. The summed E-state index contributed by atoms with van der Waals surface area (Å²) in [5.74, 6) is 0.730. The fourth-order valence-corrected chi connectivity index (χ4v) is 3.31. The van der Waals surface area contributed by atoms with E-state index in [4.69, 9.17) is 5.73 Å². The Morgan fingerprint density at radius 1 is 1.06 bits per heavy atom. The molecule has 3 rings (SSSR count). The average Bonchev–Trinajstić information content (AvgIpc) is 3.12. The molecule has 98 valence electrons. The van der Waals surface area contributed by atoms with Crippen LogP contribution in [0.1, 0.15) is 43.6 Å². The second-order valence-electron chi connectivity index (χ2n) is 5.78. The van der Waals surface area contributed by atoms with Gasteiger partial charge >= 0.3 is 0 Å². The van der Waals surface area contributed by atoms with Gasteiger partial charge in [-0.25, -0.2) is 0 Å². The van der Waals surface area contributed by atoms with Crippen molar-refractivity contribution in [2.75, 3.05) is 0 Å². The van der Waals surface area contributed by atoms with Gasteiger partial charge in [0, 0.05) is 28.5 Å². The van der Waals surface area contributed by atoms with Crippen LogP contribution in [0, 0.1) is 0 Å². The van der Waals surface area contributed by atoms with E-state index in [1.165, 1.54) is 37.7 Å². The van der Waals surface area contributed by atoms with E-state index in [0.717, 1.165) is 10.4 Å². The van der Waals surface area contributed by atoms with Gasteiger partial charge in [-0.05, 0) is 49.8 Å². The molecule has 2 fully saturated rings. The number of nitrogens with two attached hydrogens (primary N) is 1. The molecule has 0 saturated heterocycles. The van der Waals surface area contributed by atoms with Crippen LogP contribution in [0.4, 0.5) is 0 Å². The highest BCUT2D eigenvalue weighted by molar-refractivity contribution is 9.10. The number of hydrogen-bond donors (Lipinski definition) is 2. The summed E-state index contributed by atoms with van der Waals surface area (Å²) < 4.78 is 1.16. The lowest BCUT2D eigenvalue weighted by molar-refractivity contribution is 0.339. The molecule has 2 nitrogen and oxygen atoms in total. The Balaban J connectivity index is 1.50. The van der Waals surface area contributed by atoms with E-state index >= 15 is 0 Å². The van der Waals surface area contributed by atoms with Crippen LogP contribution in [-0.4, -0.2) is 18.1 Å². The summed E-state index contributed by atoms with van der Waals surface area (Å²) in [6, 6.07) is 10.6. The van der Waals surface area contributed by atoms with E-state index < -0.39 is 0 Å². The molecule has 0 aliphatic heterocycles. The lowest BCUT2D eigenvalue weighted by Gasteiger charge is -2.27. The molecule has 1 aromatic rings. The van der Waals surface area contributed by atoms with Crippen molar-refractivity contribution in [3.63, 3.8) is 0 Å². The molecule has 2 unspecified atom stereocenters. The molecular weight excluding hydrogens is 288 g/mol. The third-order valence-corrected chi connectivity index (χ3v) is 4.84. The quantitative estimate of drug-likeness (QED) is 0.900. The predicted octanol–water partition coefficient (Wildman–Crippen LogP) is 3.16. The van der Waals surface area contributed by atoms with Gasteiger partial charge in [-0.1, -0.05) is 28.1 Å². The topological polar surface area (TPSA) is 38.0 Å². The first-order chi connectivity index (χ1) is 8.72. The standard InChI is InChI=1S/C15H21BrN2/c16-11-3-1-10(2-4-11)14-9-15(14)18-13-7-5-12(17)6-8-13/h1-4,12-15,18H,5-9,17H2/t12-,13-,14?,15?. The van der Waals surface area contributed by atoms with Crippen LogP contribution in [0.3, 0.4) is 0 Å². The minimum atomic E-state index is 0.449. The summed E-state index contributed by atoms with van der Waals surface area (Å²) in [5.41, 5.74) is 7.42. The van der Waals surface area contributed by atoms with Crippen molar-refractivity contribution in [2.24, 2.45) is 5.73 Å². The highest BCUT2D eigenvalue weighted by atomic mass is 79.9. The van der Waals surface area contributed by atoms with Crippen molar-refractivity contribution in [1.82, 2.24) is 5.32 Å². The molecule has 0 amide bonds. The fraction of sp³-hybridized carbons (Fsp3) is 0.600. The van der Waals surface area contributed by atoms with Crippen LogP contribution >= 0.6 is 15.9 Å². The van der Waals surface area contributed by atoms with E-state index in [1.54, 1.807) is 0 Å². The monoisotopic (exact) mass is 308 g/mol. The smallest absolute Gasteiger partial charge is 0.0175 e. The highest BCUT2D eigenvalue weighted by Gasteiger charge is 2.39. The molecule has 18 heavy (non-hydrogen) atoms. The molecule has 0 radical (unpaired) electrons. The van der Waals surface area contributed by atoms with Crippen LogP contribution in [0.25, 0.3) is 0 Å². The number of nitrogens with one attached hydrogen (secondary N) is 1. The second kappa shape index (κ2) is 5.32. The van der Waals surface area contributed by atoms with Gasteiger partial charge in [-0.15, -0.1) is 0 Å². The van der Waals surface area contributed by atoms with Crippen molar-refractivity contribution >= 4 is 15.9 Å². The Bertz CT molecular complexity index is 395. The van der Waals surface area contributed by atoms with E-state index in [9.17, 15) is 0 Å². The van der Waals surface area contributed by atoms with Gasteiger partial charge in [0.2, 0.25) is 0 Å². The first-order valence-corrected chi connectivity index (χ1v) is 7.79. The van der Waals surface area contributed by atoms with Crippen molar-refractivity contribution in [1.29, 1.82) is 0 Å². The summed E-state index contributed by atoms with van der Waals surface area (Å²) in [4.78, 5) is 0. The van der Waals surface area contributed by atoms with Gasteiger partial charge in [-0.2, -0.15) is 0 Å². The van der Waals surface area contributed by atoms with Crippen LogP contribution in [0.5, 0.6) is 0 Å². The van der Waals surface area contributed by atoms with Gasteiger partial charge in [0.15, 0.2) is 0 Å². The minimum absolute atomic E-state index is 0.449. The molecule has 0 aromatic heterocycles. The van der Waals surface area contributed by atoms with E-state index in [2.05, 4.69) is 45.5 Å². The molecule has 2 aliphatic carbocycles. The molecule has 2 atom stereocenters. The summed E-state index contributed by atoms with van der Waals surface area (Å²) in [5, 5.41) is 3.81. The van der Waals surface area contributed by atoms with Crippen LogP contribution in [0.2, 0.25) is 0 Å². The molecule has 2 aliphatic rings. The first kappa shape index (κ1) is 12.6. The van der Waals surface area contributed by atoms with Crippen molar-refractivity contribution in [2.45, 2.75) is 56.1 Å². The molecule has 3 heteroatoms. The zero-order chi connectivity index (χ0) is 12.5. The Kier molecular flexibility index (Phi) is 3.73.